The lowest BCUT2D eigenvalue weighted by Crippen LogP contribution is -2.37. The highest BCUT2D eigenvalue weighted by Crippen LogP contribution is 2.25. The van der Waals surface area contributed by atoms with E-state index in [-0.39, 0.29) is 12.5 Å². The molecule has 0 fully saturated rings. The Morgan fingerprint density at radius 3 is 2.36 bits per heavy atom. The fraction of sp³-hybridized carbons (Fsp3) is 0.444. The summed E-state index contributed by atoms with van der Waals surface area (Å²) in [7, 11) is 3.12. The molecule has 0 aliphatic heterocycles. The number of methoxy groups -OCH3 is 2. The molecule has 1 aromatic rings. The van der Waals surface area contributed by atoms with Gasteiger partial charge in [-0.25, -0.2) is 4.79 Å². The summed E-state index contributed by atoms with van der Waals surface area (Å²) >= 11 is 0. The van der Waals surface area contributed by atoms with Gasteiger partial charge in [0.2, 0.25) is 5.91 Å². The first-order valence-electron chi connectivity index (χ1n) is 7.90. The molecule has 1 rings (SSSR count). The highest BCUT2D eigenvalue weighted by Gasteiger charge is 2.15. The molecule has 0 radical (unpaired) electrons. The van der Waals surface area contributed by atoms with Gasteiger partial charge in [-0.1, -0.05) is 0 Å². The second-order valence-corrected chi connectivity index (χ2v) is 6.16. The predicted molar refractivity (Wildman–Crippen MR) is 95.8 cm³/mol. The third-order valence-electron chi connectivity index (χ3n) is 2.95. The minimum atomic E-state index is -0.548. The summed E-state index contributed by atoms with van der Waals surface area (Å²) in [5, 5.41) is 5.24. The zero-order chi connectivity index (χ0) is 18.9. The van der Waals surface area contributed by atoms with Gasteiger partial charge in [0.25, 0.3) is 0 Å². The van der Waals surface area contributed by atoms with Gasteiger partial charge >= 0.3 is 6.09 Å². The average molecular weight is 350 g/mol. The SMILES string of the molecule is COc1ccc(/C=C/C(=O)NCCNC(=O)OC(C)(C)C)c(OC)c1. The topological polar surface area (TPSA) is 85.9 Å². The van der Waals surface area contributed by atoms with Gasteiger partial charge < -0.3 is 24.8 Å². The van der Waals surface area contributed by atoms with Crippen molar-refractivity contribution in [3.63, 3.8) is 0 Å². The van der Waals surface area contributed by atoms with E-state index >= 15 is 0 Å². The van der Waals surface area contributed by atoms with Crippen molar-refractivity contribution < 1.29 is 23.8 Å². The van der Waals surface area contributed by atoms with Crippen molar-refractivity contribution in [2.24, 2.45) is 0 Å². The summed E-state index contributed by atoms with van der Waals surface area (Å²) in [6.45, 7) is 5.92. The lowest BCUT2D eigenvalue weighted by molar-refractivity contribution is -0.116. The summed E-state index contributed by atoms with van der Waals surface area (Å²) in [5.74, 6) is 1.01. The van der Waals surface area contributed by atoms with Crippen LogP contribution in [0.3, 0.4) is 0 Å². The van der Waals surface area contributed by atoms with Crippen LogP contribution >= 0.6 is 0 Å². The molecule has 138 valence electrons. The quantitative estimate of drug-likeness (QED) is 0.582. The maximum atomic E-state index is 11.8. The van der Waals surface area contributed by atoms with Crippen molar-refractivity contribution in [3.05, 3.63) is 29.8 Å². The lowest BCUT2D eigenvalue weighted by atomic mass is 10.1. The number of alkyl carbamates (subject to hydrolysis) is 1. The molecule has 0 spiro atoms. The van der Waals surface area contributed by atoms with E-state index in [9.17, 15) is 9.59 Å². The first kappa shape index (κ1) is 20.3. The van der Waals surface area contributed by atoms with E-state index in [4.69, 9.17) is 14.2 Å². The van der Waals surface area contributed by atoms with E-state index in [2.05, 4.69) is 10.6 Å². The number of hydrogen-bond acceptors (Lipinski definition) is 5. The van der Waals surface area contributed by atoms with Gasteiger partial charge in [-0.3, -0.25) is 4.79 Å². The second kappa shape index (κ2) is 9.56. The Bertz CT molecular complexity index is 620. The summed E-state index contributed by atoms with van der Waals surface area (Å²) < 4.78 is 15.5. The molecular formula is C18H26N2O5. The molecule has 0 heterocycles. The van der Waals surface area contributed by atoms with Gasteiger partial charge in [-0.2, -0.15) is 0 Å². The molecule has 2 amide bonds. The van der Waals surface area contributed by atoms with Crippen molar-refractivity contribution in [2.75, 3.05) is 27.3 Å². The third kappa shape index (κ3) is 8.10. The van der Waals surface area contributed by atoms with Crippen LogP contribution in [-0.2, 0) is 9.53 Å². The van der Waals surface area contributed by atoms with Crippen molar-refractivity contribution in [3.8, 4) is 11.5 Å². The Labute approximate surface area is 148 Å². The molecule has 0 bridgehead atoms. The fourth-order valence-electron chi connectivity index (χ4n) is 1.84. The monoisotopic (exact) mass is 350 g/mol. The molecule has 0 saturated carbocycles. The zero-order valence-corrected chi connectivity index (χ0v) is 15.3. The predicted octanol–water partition coefficient (Wildman–Crippen LogP) is 2.36. The zero-order valence-electron chi connectivity index (χ0n) is 15.3. The molecule has 0 aliphatic rings. The minimum absolute atomic E-state index is 0.274. The molecule has 0 unspecified atom stereocenters. The summed E-state index contributed by atoms with van der Waals surface area (Å²) in [5.41, 5.74) is 0.207. The molecule has 0 aliphatic carbocycles. The first-order valence-corrected chi connectivity index (χ1v) is 7.90. The summed E-state index contributed by atoms with van der Waals surface area (Å²) in [6, 6.07) is 5.32. The van der Waals surface area contributed by atoms with Crippen LogP contribution in [0.15, 0.2) is 24.3 Å². The van der Waals surface area contributed by atoms with Crippen LogP contribution in [0.2, 0.25) is 0 Å². The number of ether oxygens (including phenoxy) is 3. The molecule has 25 heavy (non-hydrogen) atoms. The molecule has 0 atom stereocenters. The number of nitrogens with one attached hydrogen (secondary N) is 2. The highest BCUT2D eigenvalue weighted by atomic mass is 16.6. The van der Waals surface area contributed by atoms with Crippen LogP contribution in [0.25, 0.3) is 6.08 Å². The number of benzene rings is 1. The normalized spacial score (nSPS) is 11.1. The molecule has 7 nitrogen and oxygen atoms in total. The molecular weight excluding hydrogens is 324 g/mol. The van der Waals surface area contributed by atoms with Gasteiger partial charge in [0, 0.05) is 30.8 Å². The highest BCUT2D eigenvalue weighted by molar-refractivity contribution is 5.92. The maximum absolute atomic E-state index is 11.8. The Morgan fingerprint density at radius 1 is 1.08 bits per heavy atom. The number of carbonyl (C=O) groups excluding carboxylic acids is 2. The number of hydrogen-bond donors (Lipinski definition) is 2. The van der Waals surface area contributed by atoms with Crippen LogP contribution in [0.5, 0.6) is 11.5 Å². The molecule has 0 aromatic heterocycles. The minimum Gasteiger partial charge on any atom is -0.497 e. The second-order valence-electron chi connectivity index (χ2n) is 6.16. The van der Waals surface area contributed by atoms with Crippen molar-refractivity contribution in [1.82, 2.24) is 10.6 Å². The van der Waals surface area contributed by atoms with Crippen LogP contribution in [0.4, 0.5) is 4.79 Å². The Balaban J connectivity index is 2.42. The molecule has 2 N–H and O–H groups in total. The van der Waals surface area contributed by atoms with Crippen molar-refractivity contribution in [2.45, 2.75) is 26.4 Å². The van der Waals surface area contributed by atoms with Crippen molar-refractivity contribution >= 4 is 18.1 Å². The summed E-state index contributed by atoms with van der Waals surface area (Å²) in [4.78, 5) is 23.3. The van der Waals surface area contributed by atoms with Gasteiger partial charge in [0.05, 0.1) is 14.2 Å². The summed E-state index contributed by atoms with van der Waals surface area (Å²) in [6.07, 6.45) is 2.53. The van der Waals surface area contributed by atoms with Gasteiger partial charge in [-0.15, -0.1) is 0 Å². The fourth-order valence-corrected chi connectivity index (χ4v) is 1.84. The largest absolute Gasteiger partial charge is 0.497 e. The van der Waals surface area contributed by atoms with E-state index in [1.807, 2.05) is 0 Å². The van der Waals surface area contributed by atoms with Crippen LogP contribution < -0.4 is 20.1 Å². The van der Waals surface area contributed by atoms with Crippen LogP contribution in [0, 0.1) is 0 Å². The third-order valence-corrected chi connectivity index (χ3v) is 2.95. The van der Waals surface area contributed by atoms with E-state index in [1.165, 1.54) is 6.08 Å². The maximum Gasteiger partial charge on any atom is 0.407 e. The van der Waals surface area contributed by atoms with Gasteiger partial charge in [0.1, 0.15) is 17.1 Å². The standard InChI is InChI=1S/C18H26N2O5/c1-18(2,3)25-17(22)20-11-10-19-16(21)9-7-13-6-8-14(23-4)12-15(13)24-5/h6-9,12H,10-11H2,1-5H3,(H,19,21)(H,20,22)/b9-7+. The Kier molecular flexibility index (Phi) is 7.78. The molecule has 1 aromatic carbocycles. The van der Waals surface area contributed by atoms with E-state index < -0.39 is 11.7 Å². The first-order chi connectivity index (χ1) is 11.7. The molecule has 0 saturated heterocycles. The Hall–Kier alpha value is -2.70. The van der Waals surface area contributed by atoms with E-state index in [0.29, 0.717) is 18.0 Å². The van der Waals surface area contributed by atoms with E-state index in [0.717, 1.165) is 5.56 Å². The Morgan fingerprint density at radius 2 is 1.76 bits per heavy atom. The average Bonchev–Trinajstić information content (AvgIpc) is 2.55. The van der Waals surface area contributed by atoms with Crippen LogP contribution in [-0.4, -0.2) is 44.9 Å². The molecule has 7 heteroatoms. The van der Waals surface area contributed by atoms with Gasteiger partial charge in [0.15, 0.2) is 0 Å². The number of carbonyl (C=O) groups is 2. The smallest absolute Gasteiger partial charge is 0.407 e. The van der Waals surface area contributed by atoms with E-state index in [1.54, 1.807) is 59.3 Å². The number of amides is 2. The van der Waals surface area contributed by atoms with Gasteiger partial charge in [-0.05, 0) is 39.0 Å². The number of rotatable bonds is 7. The van der Waals surface area contributed by atoms with Crippen LogP contribution in [0.1, 0.15) is 26.3 Å². The van der Waals surface area contributed by atoms with Crippen molar-refractivity contribution in [1.29, 1.82) is 0 Å². The lowest BCUT2D eigenvalue weighted by Gasteiger charge is -2.19.